The molecule has 78 valence electrons. The average Bonchev–Trinajstić information content (AvgIpc) is 2.58. The van der Waals surface area contributed by atoms with E-state index in [1.54, 1.807) is 11.3 Å². The molecule has 1 aromatic rings. The quantitative estimate of drug-likeness (QED) is 0.828. The van der Waals surface area contributed by atoms with E-state index in [0.29, 0.717) is 0 Å². The molecule has 1 aliphatic carbocycles. The Morgan fingerprint density at radius 3 is 2.57 bits per heavy atom. The van der Waals surface area contributed by atoms with Crippen molar-refractivity contribution in [2.75, 3.05) is 0 Å². The maximum atomic E-state index is 9.43. The third kappa shape index (κ3) is 2.03. The molecule has 1 fully saturated rings. The van der Waals surface area contributed by atoms with Crippen molar-refractivity contribution in [3.8, 4) is 0 Å². The first-order valence-corrected chi connectivity index (χ1v) is 6.44. The fraction of sp³-hybridized carbons (Fsp3) is 0.600. The molecule has 2 nitrogen and oxygen atoms in total. The van der Waals surface area contributed by atoms with Gasteiger partial charge in [0.2, 0.25) is 0 Å². The third-order valence-electron chi connectivity index (χ3n) is 2.91. The summed E-state index contributed by atoms with van der Waals surface area (Å²) in [5, 5.41) is 9.43. The van der Waals surface area contributed by atoms with Crippen LogP contribution in [0.25, 0.3) is 0 Å². The monoisotopic (exact) mass is 275 g/mol. The summed E-state index contributed by atoms with van der Waals surface area (Å²) in [6.07, 6.45) is 3.29. The van der Waals surface area contributed by atoms with Crippen LogP contribution in [0.1, 0.15) is 30.6 Å². The van der Waals surface area contributed by atoms with Gasteiger partial charge in [-0.1, -0.05) is 0 Å². The molecule has 2 rings (SSSR count). The molecule has 1 heterocycles. The average molecular weight is 276 g/mol. The number of thiophene rings is 1. The second-order valence-corrected chi connectivity index (χ2v) is 6.45. The van der Waals surface area contributed by atoms with E-state index in [0.717, 1.165) is 29.5 Å². The fourth-order valence-corrected chi connectivity index (χ4v) is 3.49. The fourth-order valence-electron chi connectivity index (χ4n) is 1.95. The van der Waals surface area contributed by atoms with Gasteiger partial charge in [-0.05, 0) is 53.7 Å². The van der Waals surface area contributed by atoms with E-state index >= 15 is 0 Å². The highest BCUT2D eigenvalue weighted by atomic mass is 79.9. The second kappa shape index (κ2) is 3.93. The smallest absolute Gasteiger partial charge is 0.0702 e. The van der Waals surface area contributed by atoms with Crippen LogP contribution in [0.4, 0.5) is 0 Å². The summed E-state index contributed by atoms with van der Waals surface area (Å²) in [6.45, 7) is 0. The van der Waals surface area contributed by atoms with Crippen LogP contribution in [0.2, 0.25) is 0 Å². The van der Waals surface area contributed by atoms with Crippen LogP contribution in [-0.4, -0.2) is 11.2 Å². The molecule has 0 amide bonds. The van der Waals surface area contributed by atoms with Crippen LogP contribution in [0, 0.1) is 0 Å². The summed E-state index contributed by atoms with van der Waals surface area (Å²) in [7, 11) is 0. The van der Waals surface area contributed by atoms with Gasteiger partial charge in [-0.25, -0.2) is 0 Å². The number of aliphatic hydroxyl groups is 1. The summed E-state index contributed by atoms with van der Waals surface area (Å²) in [5.41, 5.74) is 6.14. The Morgan fingerprint density at radius 1 is 1.43 bits per heavy atom. The minimum Gasteiger partial charge on any atom is -0.393 e. The minimum absolute atomic E-state index is 0.143. The van der Waals surface area contributed by atoms with Crippen molar-refractivity contribution >= 4 is 27.3 Å². The van der Waals surface area contributed by atoms with Crippen LogP contribution in [0.15, 0.2) is 15.9 Å². The highest BCUT2D eigenvalue weighted by molar-refractivity contribution is 9.11. The van der Waals surface area contributed by atoms with Gasteiger partial charge in [-0.2, -0.15) is 0 Å². The first-order valence-electron chi connectivity index (χ1n) is 4.83. The van der Waals surface area contributed by atoms with Crippen LogP contribution in [0.5, 0.6) is 0 Å². The number of aliphatic hydroxyl groups excluding tert-OH is 1. The Kier molecular flexibility index (Phi) is 2.98. The van der Waals surface area contributed by atoms with Crippen LogP contribution in [-0.2, 0) is 5.54 Å². The number of nitrogens with two attached hydrogens (primary N) is 1. The number of hydrogen-bond acceptors (Lipinski definition) is 3. The number of rotatable bonds is 1. The molecule has 14 heavy (non-hydrogen) atoms. The van der Waals surface area contributed by atoms with Gasteiger partial charge in [-0.15, -0.1) is 11.3 Å². The zero-order valence-electron chi connectivity index (χ0n) is 7.87. The van der Waals surface area contributed by atoms with Crippen LogP contribution >= 0.6 is 27.3 Å². The molecule has 0 aliphatic heterocycles. The van der Waals surface area contributed by atoms with E-state index in [-0.39, 0.29) is 11.6 Å². The number of hydrogen-bond donors (Lipinski definition) is 2. The first kappa shape index (κ1) is 10.6. The topological polar surface area (TPSA) is 46.2 Å². The predicted molar refractivity (Wildman–Crippen MR) is 62.4 cm³/mol. The minimum atomic E-state index is -0.198. The Balaban J connectivity index is 2.16. The Bertz CT molecular complexity index is 318. The SMILES string of the molecule is NC1(c2ccc(Br)s2)CCC(O)CC1. The summed E-state index contributed by atoms with van der Waals surface area (Å²) in [5.74, 6) is 0. The van der Waals surface area contributed by atoms with Gasteiger partial charge in [0.25, 0.3) is 0 Å². The highest BCUT2D eigenvalue weighted by Gasteiger charge is 2.33. The molecule has 1 aromatic heterocycles. The van der Waals surface area contributed by atoms with Gasteiger partial charge >= 0.3 is 0 Å². The molecule has 0 atom stereocenters. The standard InChI is InChI=1S/C10H14BrNOS/c11-9-2-1-8(14-9)10(12)5-3-7(13)4-6-10/h1-2,7,13H,3-6,12H2. The Labute approximate surface area is 96.3 Å². The van der Waals surface area contributed by atoms with Gasteiger partial charge in [0, 0.05) is 4.88 Å². The Hall–Kier alpha value is 0.1000. The molecule has 0 radical (unpaired) electrons. The molecule has 0 spiro atoms. The summed E-state index contributed by atoms with van der Waals surface area (Å²) in [4.78, 5) is 1.23. The number of halogens is 1. The molecular formula is C10H14BrNOS. The molecule has 3 N–H and O–H groups in total. The lowest BCUT2D eigenvalue weighted by Crippen LogP contribution is -2.40. The van der Waals surface area contributed by atoms with Crippen molar-refractivity contribution in [2.45, 2.75) is 37.3 Å². The first-order chi connectivity index (χ1) is 6.60. The summed E-state index contributed by atoms with van der Waals surface area (Å²) in [6, 6.07) is 4.13. The van der Waals surface area contributed by atoms with Crippen molar-refractivity contribution in [1.82, 2.24) is 0 Å². The van der Waals surface area contributed by atoms with Crippen LogP contribution < -0.4 is 5.73 Å². The Morgan fingerprint density at radius 2 is 2.07 bits per heavy atom. The van der Waals surface area contributed by atoms with Gasteiger partial charge < -0.3 is 10.8 Å². The molecule has 0 bridgehead atoms. The van der Waals surface area contributed by atoms with Crippen molar-refractivity contribution < 1.29 is 5.11 Å². The van der Waals surface area contributed by atoms with Crippen molar-refractivity contribution in [2.24, 2.45) is 5.73 Å². The normalized spacial score (nSPS) is 33.2. The zero-order chi connectivity index (χ0) is 10.2. The molecule has 0 saturated heterocycles. The molecule has 1 saturated carbocycles. The van der Waals surface area contributed by atoms with Gasteiger partial charge in [0.15, 0.2) is 0 Å². The largest absolute Gasteiger partial charge is 0.393 e. The van der Waals surface area contributed by atoms with Crippen molar-refractivity contribution in [1.29, 1.82) is 0 Å². The van der Waals surface area contributed by atoms with Crippen molar-refractivity contribution in [3.63, 3.8) is 0 Å². The maximum Gasteiger partial charge on any atom is 0.0702 e. The lowest BCUT2D eigenvalue weighted by atomic mass is 9.80. The van der Waals surface area contributed by atoms with E-state index in [2.05, 4.69) is 22.0 Å². The van der Waals surface area contributed by atoms with Crippen LogP contribution in [0.3, 0.4) is 0 Å². The van der Waals surface area contributed by atoms with Gasteiger partial charge in [0.05, 0.1) is 15.4 Å². The lowest BCUT2D eigenvalue weighted by molar-refractivity contribution is 0.0979. The van der Waals surface area contributed by atoms with Gasteiger partial charge in [0.1, 0.15) is 0 Å². The second-order valence-electron chi connectivity index (χ2n) is 3.99. The molecule has 1 aliphatic rings. The lowest BCUT2D eigenvalue weighted by Gasteiger charge is -2.34. The maximum absolute atomic E-state index is 9.43. The van der Waals surface area contributed by atoms with E-state index in [1.807, 2.05) is 6.07 Å². The van der Waals surface area contributed by atoms with E-state index in [9.17, 15) is 5.11 Å². The molecule has 4 heteroatoms. The van der Waals surface area contributed by atoms with Crippen molar-refractivity contribution in [3.05, 3.63) is 20.8 Å². The predicted octanol–water partition coefficient (Wildman–Crippen LogP) is 2.60. The van der Waals surface area contributed by atoms with E-state index in [4.69, 9.17) is 5.73 Å². The van der Waals surface area contributed by atoms with E-state index in [1.165, 1.54) is 4.88 Å². The highest BCUT2D eigenvalue weighted by Crippen LogP contribution is 2.39. The zero-order valence-corrected chi connectivity index (χ0v) is 10.3. The summed E-state index contributed by atoms with van der Waals surface area (Å²) >= 11 is 5.15. The molecular weight excluding hydrogens is 262 g/mol. The molecule has 0 unspecified atom stereocenters. The molecule has 0 aromatic carbocycles. The summed E-state index contributed by atoms with van der Waals surface area (Å²) < 4.78 is 1.13. The third-order valence-corrected chi connectivity index (χ3v) is 4.75. The van der Waals surface area contributed by atoms with E-state index < -0.39 is 0 Å². The van der Waals surface area contributed by atoms with Gasteiger partial charge in [-0.3, -0.25) is 0 Å².